The van der Waals surface area contributed by atoms with Gasteiger partial charge in [0, 0.05) is 6.04 Å². The average Bonchev–Trinajstić information content (AvgIpc) is 2.69. The molecule has 1 aromatic heterocycles. The van der Waals surface area contributed by atoms with Crippen molar-refractivity contribution in [1.82, 2.24) is 5.32 Å². The molecule has 0 aliphatic carbocycles. The van der Waals surface area contributed by atoms with Gasteiger partial charge in [-0.25, -0.2) is 8.42 Å². The lowest BCUT2D eigenvalue weighted by atomic mass is 10.2. The van der Waals surface area contributed by atoms with E-state index in [1.165, 1.54) is 0 Å². The van der Waals surface area contributed by atoms with Crippen molar-refractivity contribution in [2.75, 3.05) is 11.5 Å². The van der Waals surface area contributed by atoms with E-state index in [0.717, 1.165) is 11.5 Å². The zero-order chi connectivity index (χ0) is 10.9. The second-order valence-corrected chi connectivity index (χ2v) is 6.22. The fourth-order valence-electron chi connectivity index (χ4n) is 1.78. The first-order valence-electron chi connectivity index (χ1n) is 5.04. The largest absolute Gasteiger partial charge is 0.465 e. The Balaban J connectivity index is 0.00000128. The third-order valence-corrected chi connectivity index (χ3v) is 4.36. The maximum atomic E-state index is 11.2. The highest BCUT2D eigenvalue weighted by molar-refractivity contribution is 7.91. The van der Waals surface area contributed by atoms with E-state index < -0.39 is 9.84 Å². The number of hydrogen-bond donors (Lipinski definition) is 1. The van der Waals surface area contributed by atoms with Gasteiger partial charge in [0.15, 0.2) is 9.84 Å². The third kappa shape index (κ3) is 3.50. The number of sulfone groups is 1. The Morgan fingerprint density at radius 3 is 2.75 bits per heavy atom. The number of aryl methyl sites for hydroxylation is 1. The summed E-state index contributed by atoms with van der Waals surface area (Å²) in [5.74, 6) is 2.30. The molecule has 6 heteroatoms. The van der Waals surface area contributed by atoms with Crippen molar-refractivity contribution in [3.8, 4) is 0 Å². The summed E-state index contributed by atoms with van der Waals surface area (Å²) < 4.78 is 27.8. The summed E-state index contributed by atoms with van der Waals surface area (Å²) in [7, 11) is -2.79. The minimum atomic E-state index is -2.79. The monoisotopic (exact) mass is 265 g/mol. The zero-order valence-corrected chi connectivity index (χ0v) is 10.7. The predicted octanol–water partition coefficient (Wildman–Crippen LogP) is 1.29. The molecule has 0 aromatic carbocycles. The fraction of sp³-hybridized carbons (Fsp3) is 0.600. The van der Waals surface area contributed by atoms with Gasteiger partial charge in [-0.05, 0) is 25.5 Å². The molecular weight excluding hydrogens is 250 g/mol. The van der Waals surface area contributed by atoms with E-state index in [4.69, 9.17) is 4.42 Å². The van der Waals surface area contributed by atoms with Crippen LogP contribution in [0.3, 0.4) is 0 Å². The van der Waals surface area contributed by atoms with Crippen molar-refractivity contribution < 1.29 is 12.8 Å². The van der Waals surface area contributed by atoms with Crippen LogP contribution in [0.1, 0.15) is 17.9 Å². The molecule has 4 nitrogen and oxygen atoms in total. The molecule has 92 valence electrons. The number of rotatable bonds is 3. The van der Waals surface area contributed by atoms with E-state index in [1.807, 2.05) is 19.1 Å². The first-order chi connectivity index (χ1) is 7.05. The Labute approximate surface area is 102 Å². The topological polar surface area (TPSA) is 59.3 Å². The highest BCUT2D eigenvalue weighted by atomic mass is 35.5. The first-order valence-corrected chi connectivity index (χ1v) is 6.86. The van der Waals surface area contributed by atoms with Crippen molar-refractivity contribution >= 4 is 22.2 Å². The molecule has 2 heterocycles. The maximum absolute atomic E-state index is 11.2. The molecule has 1 aliphatic rings. The second kappa shape index (κ2) is 5.21. The van der Waals surface area contributed by atoms with Crippen molar-refractivity contribution in [3.63, 3.8) is 0 Å². The Bertz CT molecular complexity index is 441. The zero-order valence-electron chi connectivity index (χ0n) is 9.10. The van der Waals surface area contributed by atoms with Crippen LogP contribution >= 0.6 is 12.4 Å². The van der Waals surface area contributed by atoms with Gasteiger partial charge < -0.3 is 9.73 Å². The highest BCUT2D eigenvalue weighted by Crippen LogP contribution is 2.12. The summed E-state index contributed by atoms with van der Waals surface area (Å²) in [6, 6.07) is 3.90. The Morgan fingerprint density at radius 1 is 1.50 bits per heavy atom. The van der Waals surface area contributed by atoms with Crippen molar-refractivity contribution in [2.24, 2.45) is 0 Å². The average molecular weight is 266 g/mol. The molecule has 1 unspecified atom stereocenters. The van der Waals surface area contributed by atoms with Crippen molar-refractivity contribution in [1.29, 1.82) is 0 Å². The lowest BCUT2D eigenvalue weighted by Crippen LogP contribution is -2.29. The van der Waals surface area contributed by atoms with Crippen LogP contribution < -0.4 is 5.32 Å². The number of furan rings is 1. The van der Waals surface area contributed by atoms with Crippen LogP contribution in [-0.2, 0) is 16.4 Å². The van der Waals surface area contributed by atoms with E-state index in [9.17, 15) is 8.42 Å². The van der Waals surface area contributed by atoms with E-state index in [2.05, 4.69) is 5.32 Å². The van der Waals surface area contributed by atoms with Gasteiger partial charge in [0.25, 0.3) is 0 Å². The van der Waals surface area contributed by atoms with E-state index >= 15 is 0 Å². The Kier molecular flexibility index (Phi) is 4.41. The van der Waals surface area contributed by atoms with Crippen LogP contribution in [-0.4, -0.2) is 26.0 Å². The molecule has 1 atom stereocenters. The van der Waals surface area contributed by atoms with Crippen LogP contribution in [0.25, 0.3) is 0 Å². The van der Waals surface area contributed by atoms with Crippen LogP contribution in [0.2, 0.25) is 0 Å². The molecule has 16 heavy (non-hydrogen) atoms. The van der Waals surface area contributed by atoms with Gasteiger partial charge in [-0.15, -0.1) is 12.4 Å². The highest BCUT2D eigenvalue weighted by Gasteiger charge is 2.27. The van der Waals surface area contributed by atoms with Crippen molar-refractivity contribution in [3.05, 3.63) is 23.7 Å². The van der Waals surface area contributed by atoms with Gasteiger partial charge in [-0.1, -0.05) is 0 Å². The van der Waals surface area contributed by atoms with Crippen LogP contribution in [0, 0.1) is 6.92 Å². The van der Waals surface area contributed by atoms with Crippen LogP contribution in [0.4, 0.5) is 0 Å². The quantitative estimate of drug-likeness (QED) is 0.895. The lowest BCUT2D eigenvalue weighted by Gasteiger charge is -2.08. The molecule has 1 fully saturated rings. The Hall–Kier alpha value is -0.520. The van der Waals surface area contributed by atoms with E-state index in [0.29, 0.717) is 18.7 Å². The molecule has 1 N–H and O–H groups in total. The summed E-state index contributed by atoms with van der Waals surface area (Å²) in [5, 5.41) is 3.19. The molecule has 0 saturated carbocycles. The molecule has 0 amide bonds. The summed E-state index contributed by atoms with van der Waals surface area (Å²) in [4.78, 5) is 0. The Morgan fingerprint density at radius 2 is 2.25 bits per heavy atom. The van der Waals surface area contributed by atoms with Gasteiger partial charge >= 0.3 is 0 Å². The third-order valence-electron chi connectivity index (χ3n) is 2.59. The predicted molar refractivity (Wildman–Crippen MR) is 64.6 cm³/mol. The van der Waals surface area contributed by atoms with E-state index in [1.54, 1.807) is 0 Å². The minimum Gasteiger partial charge on any atom is -0.465 e. The summed E-state index contributed by atoms with van der Waals surface area (Å²) in [5.41, 5.74) is 0. The molecule has 2 rings (SSSR count). The van der Waals surface area contributed by atoms with Crippen LogP contribution in [0.15, 0.2) is 16.5 Å². The van der Waals surface area contributed by atoms with Gasteiger partial charge in [0.05, 0.1) is 18.1 Å². The molecule has 0 spiro atoms. The second-order valence-electron chi connectivity index (χ2n) is 3.99. The molecule has 1 aromatic rings. The van der Waals surface area contributed by atoms with Gasteiger partial charge in [0.2, 0.25) is 0 Å². The summed E-state index contributed by atoms with van der Waals surface area (Å²) in [6.45, 7) is 2.50. The SMILES string of the molecule is Cc1ccc(CNC2CCS(=O)(=O)C2)o1.Cl. The summed E-state index contributed by atoms with van der Waals surface area (Å²) in [6.07, 6.45) is 0.710. The van der Waals surface area contributed by atoms with Crippen LogP contribution in [0.5, 0.6) is 0 Å². The fourth-order valence-corrected chi connectivity index (χ4v) is 3.49. The summed E-state index contributed by atoms with van der Waals surface area (Å²) >= 11 is 0. The molecule has 1 aliphatic heterocycles. The van der Waals surface area contributed by atoms with Gasteiger partial charge in [0.1, 0.15) is 11.5 Å². The number of nitrogens with one attached hydrogen (secondary N) is 1. The van der Waals surface area contributed by atoms with Gasteiger partial charge in [-0.3, -0.25) is 0 Å². The molecule has 1 saturated heterocycles. The maximum Gasteiger partial charge on any atom is 0.151 e. The van der Waals surface area contributed by atoms with E-state index in [-0.39, 0.29) is 24.2 Å². The van der Waals surface area contributed by atoms with Gasteiger partial charge in [-0.2, -0.15) is 0 Å². The molecule has 0 bridgehead atoms. The molecule has 0 radical (unpaired) electrons. The molecular formula is C10H16ClNO3S. The minimum absolute atomic E-state index is 0. The van der Waals surface area contributed by atoms with Crippen molar-refractivity contribution in [2.45, 2.75) is 25.9 Å². The lowest BCUT2D eigenvalue weighted by molar-refractivity contribution is 0.442. The standard InChI is InChI=1S/C10H15NO3S.ClH/c1-8-2-3-10(14-8)6-11-9-4-5-15(12,13)7-9;/h2-3,9,11H,4-7H2,1H3;1H. The smallest absolute Gasteiger partial charge is 0.151 e. The first kappa shape index (κ1) is 13.5. The number of hydrogen-bond acceptors (Lipinski definition) is 4. The normalized spacial score (nSPS) is 22.9. The number of halogens is 1.